The lowest BCUT2D eigenvalue weighted by molar-refractivity contribution is -0.137. The molecule has 0 fully saturated rings. The standard InChI is InChI=1S/C13H19NO2S/c1-3-8-17-9-12(13(15)16)14-11-7-5-4-6-10(11)2/h4-7,12,14H,3,8-9H2,1-2H3,(H,15,16)/t12-/m0/s1. The van der Waals surface area contributed by atoms with Crippen LogP contribution in [-0.4, -0.2) is 28.6 Å². The van der Waals surface area contributed by atoms with E-state index >= 15 is 0 Å². The number of aliphatic carboxylic acids is 1. The van der Waals surface area contributed by atoms with Crippen molar-refractivity contribution in [3.63, 3.8) is 0 Å². The molecule has 1 rings (SSSR count). The minimum absolute atomic E-state index is 0.521. The summed E-state index contributed by atoms with van der Waals surface area (Å²) < 4.78 is 0. The van der Waals surface area contributed by atoms with Gasteiger partial charge in [0.1, 0.15) is 6.04 Å². The summed E-state index contributed by atoms with van der Waals surface area (Å²) in [5, 5.41) is 12.2. The average molecular weight is 253 g/mol. The Kier molecular flexibility index (Phi) is 5.91. The second-order valence-electron chi connectivity index (χ2n) is 3.92. The fourth-order valence-corrected chi connectivity index (χ4v) is 2.36. The van der Waals surface area contributed by atoms with Gasteiger partial charge in [0.2, 0.25) is 0 Å². The molecule has 0 aliphatic heterocycles. The molecule has 1 aromatic carbocycles. The molecule has 0 radical (unpaired) electrons. The van der Waals surface area contributed by atoms with Crippen LogP contribution < -0.4 is 5.32 Å². The largest absolute Gasteiger partial charge is 0.480 e. The number of anilines is 1. The highest BCUT2D eigenvalue weighted by molar-refractivity contribution is 7.99. The summed E-state index contributed by atoms with van der Waals surface area (Å²) in [6, 6.07) is 7.22. The first kappa shape index (κ1) is 13.9. The number of aryl methyl sites for hydroxylation is 1. The van der Waals surface area contributed by atoms with Gasteiger partial charge in [-0.2, -0.15) is 11.8 Å². The highest BCUT2D eigenvalue weighted by Gasteiger charge is 2.17. The molecule has 17 heavy (non-hydrogen) atoms. The van der Waals surface area contributed by atoms with Crippen LogP contribution in [0.3, 0.4) is 0 Å². The van der Waals surface area contributed by atoms with Crippen molar-refractivity contribution in [3.8, 4) is 0 Å². The summed E-state index contributed by atoms with van der Waals surface area (Å²) in [6.07, 6.45) is 1.07. The molecule has 94 valence electrons. The van der Waals surface area contributed by atoms with Crippen molar-refractivity contribution < 1.29 is 9.90 Å². The van der Waals surface area contributed by atoms with Gasteiger partial charge in [0.25, 0.3) is 0 Å². The van der Waals surface area contributed by atoms with Crippen LogP contribution in [-0.2, 0) is 4.79 Å². The van der Waals surface area contributed by atoms with Crippen molar-refractivity contribution >= 4 is 23.4 Å². The molecule has 2 N–H and O–H groups in total. The quantitative estimate of drug-likeness (QED) is 0.733. The molecule has 1 atom stereocenters. The van der Waals surface area contributed by atoms with Gasteiger partial charge in [-0.25, -0.2) is 4.79 Å². The van der Waals surface area contributed by atoms with Gasteiger partial charge in [-0.15, -0.1) is 0 Å². The third-order valence-electron chi connectivity index (χ3n) is 2.41. The zero-order chi connectivity index (χ0) is 12.7. The summed E-state index contributed by atoms with van der Waals surface area (Å²) in [7, 11) is 0. The molecule has 0 heterocycles. The molecule has 0 amide bonds. The summed E-state index contributed by atoms with van der Waals surface area (Å²) >= 11 is 1.67. The lowest BCUT2D eigenvalue weighted by atomic mass is 10.2. The molecule has 0 unspecified atom stereocenters. The van der Waals surface area contributed by atoms with Crippen molar-refractivity contribution in [2.75, 3.05) is 16.8 Å². The van der Waals surface area contributed by atoms with E-state index in [1.54, 1.807) is 11.8 Å². The topological polar surface area (TPSA) is 49.3 Å². The lowest BCUT2D eigenvalue weighted by Gasteiger charge is -2.16. The van der Waals surface area contributed by atoms with Gasteiger partial charge in [-0.1, -0.05) is 25.1 Å². The molecule has 0 aromatic heterocycles. The predicted octanol–water partition coefficient (Wildman–Crippen LogP) is 3.00. The molecule has 3 nitrogen and oxygen atoms in total. The minimum Gasteiger partial charge on any atom is -0.480 e. The number of nitrogens with one attached hydrogen (secondary N) is 1. The van der Waals surface area contributed by atoms with E-state index in [4.69, 9.17) is 5.11 Å². The molecule has 0 aliphatic rings. The van der Waals surface area contributed by atoms with Crippen LogP contribution in [0, 0.1) is 6.92 Å². The molecule has 0 saturated heterocycles. The lowest BCUT2D eigenvalue weighted by Crippen LogP contribution is -2.32. The van der Waals surface area contributed by atoms with E-state index < -0.39 is 12.0 Å². The smallest absolute Gasteiger partial charge is 0.326 e. The predicted molar refractivity (Wildman–Crippen MR) is 73.8 cm³/mol. The highest BCUT2D eigenvalue weighted by atomic mass is 32.2. The molecule has 0 spiro atoms. The number of para-hydroxylation sites is 1. The summed E-state index contributed by atoms with van der Waals surface area (Å²) in [4.78, 5) is 11.1. The van der Waals surface area contributed by atoms with E-state index in [0.29, 0.717) is 5.75 Å². The van der Waals surface area contributed by atoms with E-state index in [2.05, 4.69) is 12.2 Å². The Balaban J connectivity index is 2.61. The summed E-state index contributed by atoms with van der Waals surface area (Å²) in [5.41, 5.74) is 1.97. The van der Waals surface area contributed by atoms with Crippen molar-refractivity contribution in [2.24, 2.45) is 0 Å². The SMILES string of the molecule is CCCSC[C@H](Nc1ccccc1C)C(=O)O. The number of carboxylic acids is 1. The monoisotopic (exact) mass is 253 g/mol. The van der Waals surface area contributed by atoms with Crippen molar-refractivity contribution in [2.45, 2.75) is 26.3 Å². The maximum atomic E-state index is 11.1. The van der Waals surface area contributed by atoms with Crippen LogP contribution in [0.25, 0.3) is 0 Å². The Morgan fingerprint density at radius 1 is 1.47 bits per heavy atom. The van der Waals surface area contributed by atoms with Gasteiger partial charge in [-0.05, 0) is 30.7 Å². The summed E-state index contributed by atoms with van der Waals surface area (Å²) in [5.74, 6) is 0.799. The van der Waals surface area contributed by atoms with Crippen LogP contribution in [0.2, 0.25) is 0 Å². The van der Waals surface area contributed by atoms with Crippen LogP contribution in [0.5, 0.6) is 0 Å². The second kappa shape index (κ2) is 7.22. The first-order valence-corrected chi connectivity index (χ1v) is 6.93. The number of benzene rings is 1. The normalized spacial score (nSPS) is 12.1. The van der Waals surface area contributed by atoms with Gasteiger partial charge in [-0.3, -0.25) is 0 Å². The maximum Gasteiger partial charge on any atom is 0.326 e. The van der Waals surface area contributed by atoms with Crippen LogP contribution in [0.1, 0.15) is 18.9 Å². The van der Waals surface area contributed by atoms with E-state index in [9.17, 15) is 4.79 Å². The van der Waals surface area contributed by atoms with Crippen LogP contribution in [0.4, 0.5) is 5.69 Å². The summed E-state index contributed by atoms with van der Waals surface area (Å²) in [6.45, 7) is 4.07. The molecule has 4 heteroatoms. The number of rotatable bonds is 7. The van der Waals surface area contributed by atoms with E-state index in [1.807, 2.05) is 31.2 Å². The zero-order valence-corrected chi connectivity index (χ0v) is 11.1. The average Bonchev–Trinajstić information content (AvgIpc) is 2.30. The number of carboxylic acid groups (broad SMARTS) is 1. The molecule has 0 aliphatic carbocycles. The fraction of sp³-hybridized carbons (Fsp3) is 0.462. The van der Waals surface area contributed by atoms with Crippen molar-refractivity contribution in [1.82, 2.24) is 0 Å². The number of hydrogen-bond acceptors (Lipinski definition) is 3. The van der Waals surface area contributed by atoms with Gasteiger partial charge < -0.3 is 10.4 Å². The minimum atomic E-state index is -0.795. The Labute approximate surface area is 107 Å². The first-order chi connectivity index (χ1) is 8.15. The number of carbonyl (C=O) groups is 1. The van der Waals surface area contributed by atoms with E-state index in [0.717, 1.165) is 23.4 Å². The Hall–Kier alpha value is -1.16. The molecular weight excluding hydrogens is 234 g/mol. The molecule has 0 saturated carbocycles. The van der Waals surface area contributed by atoms with Crippen molar-refractivity contribution in [3.05, 3.63) is 29.8 Å². The van der Waals surface area contributed by atoms with Gasteiger partial charge in [0, 0.05) is 11.4 Å². The van der Waals surface area contributed by atoms with E-state index in [1.165, 1.54) is 0 Å². The first-order valence-electron chi connectivity index (χ1n) is 5.78. The molecule has 0 bridgehead atoms. The van der Waals surface area contributed by atoms with Gasteiger partial charge >= 0.3 is 5.97 Å². The molecular formula is C13H19NO2S. The van der Waals surface area contributed by atoms with E-state index in [-0.39, 0.29) is 0 Å². The Morgan fingerprint density at radius 3 is 2.76 bits per heavy atom. The van der Waals surface area contributed by atoms with Gasteiger partial charge in [0.15, 0.2) is 0 Å². The second-order valence-corrected chi connectivity index (χ2v) is 5.07. The van der Waals surface area contributed by atoms with Gasteiger partial charge in [0.05, 0.1) is 0 Å². The fourth-order valence-electron chi connectivity index (χ4n) is 1.44. The Morgan fingerprint density at radius 2 is 2.18 bits per heavy atom. The maximum absolute atomic E-state index is 11.1. The third-order valence-corrected chi connectivity index (χ3v) is 3.67. The molecule has 1 aromatic rings. The number of thioether (sulfide) groups is 1. The van der Waals surface area contributed by atoms with Crippen LogP contribution in [0.15, 0.2) is 24.3 Å². The Bertz CT molecular complexity index is 368. The third kappa shape index (κ3) is 4.69. The van der Waals surface area contributed by atoms with Crippen molar-refractivity contribution in [1.29, 1.82) is 0 Å². The highest BCUT2D eigenvalue weighted by Crippen LogP contribution is 2.16. The number of hydrogen-bond donors (Lipinski definition) is 2. The zero-order valence-electron chi connectivity index (χ0n) is 10.3. The van der Waals surface area contributed by atoms with Crippen LogP contribution >= 0.6 is 11.8 Å².